The first-order valence-corrected chi connectivity index (χ1v) is 5.17. The van der Waals surface area contributed by atoms with Crippen LogP contribution >= 0.6 is 0 Å². The van der Waals surface area contributed by atoms with E-state index in [4.69, 9.17) is 9.84 Å². The van der Waals surface area contributed by atoms with Gasteiger partial charge < -0.3 is 14.9 Å². The molecule has 0 amide bonds. The Morgan fingerprint density at radius 1 is 1.50 bits per heavy atom. The van der Waals surface area contributed by atoms with Crippen LogP contribution in [-0.2, 0) is 11.2 Å². The molecule has 0 heterocycles. The molecule has 2 N–H and O–H groups in total. The SMILES string of the molecule is CCC(Cc1ccc(O)c(OC)c1)C(=O)O. The predicted octanol–water partition coefficient (Wildman–Crippen LogP) is 2.05. The summed E-state index contributed by atoms with van der Waals surface area (Å²) in [5, 5.41) is 18.3. The van der Waals surface area contributed by atoms with E-state index in [-0.39, 0.29) is 5.75 Å². The first-order chi connectivity index (χ1) is 7.58. The maximum atomic E-state index is 10.9. The zero-order valence-electron chi connectivity index (χ0n) is 9.43. The summed E-state index contributed by atoms with van der Waals surface area (Å²) in [5.41, 5.74) is 0.851. The Bertz CT molecular complexity index is 373. The summed E-state index contributed by atoms with van der Waals surface area (Å²) in [6.45, 7) is 1.84. The second-order valence-electron chi connectivity index (χ2n) is 3.65. The van der Waals surface area contributed by atoms with Gasteiger partial charge in [0, 0.05) is 0 Å². The van der Waals surface area contributed by atoms with Crippen LogP contribution in [0.2, 0.25) is 0 Å². The van der Waals surface area contributed by atoms with Crippen molar-refractivity contribution < 1.29 is 19.7 Å². The highest BCUT2D eigenvalue weighted by atomic mass is 16.5. The molecular weight excluding hydrogens is 208 g/mol. The van der Waals surface area contributed by atoms with Gasteiger partial charge >= 0.3 is 5.97 Å². The molecule has 0 aliphatic heterocycles. The molecule has 0 saturated heterocycles. The van der Waals surface area contributed by atoms with Gasteiger partial charge in [-0.15, -0.1) is 0 Å². The smallest absolute Gasteiger partial charge is 0.306 e. The van der Waals surface area contributed by atoms with Gasteiger partial charge in [0.2, 0.25) is 0 Å². The van der Waals surface area contributed by atoms with E-state index in [1.165, 1.54) is 13.2 Å². The van der Waals surface area contributed by atoms with Gasteiger partial charge in [-0.25, -0.2) is 0 Å². The summed E-state index contributed by atoms with van der Waals surface area (Å²) in [4.78, 5) is 10.9. The van der Waals surface area contributed by atoms with Crippen LogP contribution in [0.1, 0.15) is 18.9 Å². The molecular formula is C12H16O4. The molecule has 0 fully saturated rings. The molecule has 0 radical (unpaired) electrons. The number of aromatic hydroxyl groups is 1. The zero-order valence-corrected chi connectivity index (χ0v) is 9.43. The van der Waals surface area contributed by atoms with Crippen LogP contribution in [0.5, 0.6) is 11.5 Å². The average Bonchev–Trinajstić information content (AvgIpc) is 2.27. The number of phenolic OH excluding ortho intramolecular Hbond substituents is 1. The number of aliphatic carboxylic acids is 1. The Labute approximate surface area is 94.5 Å². The van der Waals surface area contributed by atoms with Crippen LogP contribution in [0.25, 0.3) is 0 Å². The van der Waals surface area contributed by atoms with Crippen LogP contribution in [0.3, 0.4) is 0 Å². The van der Waals surface area contributed by atoms with Gasteiger partial charge in [-0.3, -0.25) is 4.79 Å². The van der Waals surface area contributed by atoms with Gasteiger partial charge in [0.05, 0.1) is 13.0 Å². The summed E-state index contributed by atoms with van der Waals surface area (Å²) in [6.07, 6.45) is 1.03. The molecule has 0 bridgehead atoms. The van der Waals surface area contributed by atoms with E-state index in [0.717, 1.165) is 5.56 Å². The molecule has 4 heteroatoms. The van der Waals surface area contributed by atoms with E-state index >= 15 is 0 Å². The number of rotatable bonds is 5. The fourth-order valence-corrected chi connectivity index (χ4v) is 1.54. The first kappa shape index (κ1) is 12.4. The number of carboxylic acids is 1. The highest BCUT2D eigenvalue weighted by Crippen LogP contribution is 2.27. The summed E-state index contributed by atoms with van der Waals surface area (Å²) < 4.78 is 4.96. The van der Waals surface area contributed by atoms with Gasteiger partial charge in [-0.2, -0.15) is 0 Å². The fraction of sp³-hybridized carbons (Fsp3) is 0.417. The third-order valence-corrected chi connectivity index (χ3v) is 2.57. The molecule has 88 valence electrons. The summed E-state index contributed by atoms with van der Waals surface area (Å²) in [5.74, 6) is -0.754. The van der Waals surface area contributed by atoms with Crippen molar-refractivity contribution in [1.82, 2.24) is 0 Å². The number of ether oxygens (including phenoxy) is 1. The number of phenols is 1. The van der Waals surface area contributed by atoms with Crippen molar-refractivity contribution in [2.24, 2.45) is 5.92 Å². The molecule has 1 rings (SSSR count). The maximum Gasteiger partial charge on any atom is 0.306 e. The number of carbonyl (C=O) groups is 1. The lowest BCUT2D eigenvalue weighted by Gasteiger charge is -2.11. The number of carboxylic acid groups (broad SMARTS) is 1. The molecule has 1 aromatic rings. The molecule has 0 spiro atoms. The van der Waals surface area contributed by atoms with Crippen molar-refractivity contribution in [2.45, 2.75) is 19.8 Å². The van der Waals surface area contributed by atoms with Crippen molar-refractivity contribution in [3.63, 3.8) is 0 Å². The second kappa shape index (κ2) is 5.39. The molecule has 16 heavy (non-hydrogen) atoms. The molecule has 0 aliphatic carbocycles. The van der Waals surface area contributed by atoms with E-state index < -0.39 is 11.9 Å². The van der Waals surface area contributed by atoms with E-state index in [1.54, 1.807) is 12.1 Å². The van der Waals surface area contributed by atoms with Crippen molar-refractivity contribution in [3.8, 4) is 11.5 Å². The second-order valence-corrected chi connectivity index (χ2v) is 3.65. The van der Waals surface area contributed by atoms with E-state index in [9.17, 15) is 9.90 Å². The monoisotopic (exact) mass is 224 g/mol. The Morgan fingerprint density at radius 2 is 2.19 bits per heavy atom. The van der Waals surface area contributed by atoms with Crippen LogP contribution in [0.15, 0.2) is 18.2 Å². The quantitative estimate of drug-likeness (QED) is 0.803. The highest BCUT2D eigenvalue weighted by molar-refractivity contribution is 5.70. The summed E-state index contributed by atoms with van der Waals surface area (Å²) >= 11 is 0. The van der Waals surface area contributed by atoms with Gasteiger partial charge in [0.25, 0.3) is 0 Å². The van der Waals surface area contributed by atoms with Crippen molar-refractivity contribution in [2.75, 3.05) is 7.11 Å². The zero-order chi connectivity index (χ0) is 12.1. The molecule has 0 aliphatic rings. The van der Waals surface area contributed by atoms with Crippen LogP contribution < -0.4 is 4.74 Å². The number of hydrogen-bond donors (Lipinski definition) is 2. The third-order valence-electron chi connectivity index (χ3n) is 2.57. The van der Waals surface area contributed by atoms with Gasteiger partial charge in [0.15, 0.2) is 11.5 Å². The maximum absolute atomic E-state index is 10.9. The van der Waals surface area contributed by atoms with Gasteiger partial charge in [0.1, 0.15) is 0 Å². The van der Waals surface area contributed by atoms with Gasteiger partial charge in [-0.05, 0) is 30.5 Å². The normalized spacial score (nSPS) is 12.1. The predicted molar refractivity (Wildman–Crippen MR) is 59.8 cm³/mol. The van der Waals surface area contributed by atoms with Crippen LogP contribution in [-0.4, -0.2) is 23.3 Å². The largest absolute Gasteiger partial charge is 0.504 e. The van der Waals surface area contributed by atoms with Crippen LogP contribution in [0.4, 0.5) is 0 Å². The molecule has 1 atom stereocenters. The molecule has 4 nitrogen and oxygen atoms in total. The lowest BCUT2D eigenvalue weighted by molar-refractivity contribution is -0.141. The fourth-order valence-electron chi connectivity index (χ4n) is 1.54. The minimum atomic E-state index is -0.797. The number of hydrogen-bond acceptors (Lipinski definition) is 3. The highest BCUT2D eigenvalue weighted by Gasteiger charge is 2.16. The lowest BCUT2D eigenvalue weighted by Crippen LogP contribution is -2.15. The minimum Gasteiger partial charge on any atom is -0.504 e. The topological polar surface area (TPSA) is 66.8 Å². The van der Waals surface area contributed by atoms with Crippen molar-refractivity contribution in [1.29, 1.82) is 0 Å². The first-order valence-electron chi connectivity index (χ1n) is 5.17. The lowest BCUT2D eigenvalue weighted by atomic mass is 9.97. The molecule has 1 aromatic carbocycles. The molecule has 1 unspecified atom stereocenters. The van der Waals surface area contributed by atoms with E-state index in [1.807, 2.05) is 6.92 Å². The Hall–Kier alpha value is -1.71. The van der Waals surface area contributed by atoms with Crippen molar-refractivity contribution >= 4 is 5.97 Å². The molecule has 0 saturated carbocycles. The number of benzene rings is 1. The van der Waals surface area contributed by atoms with E-state index in [0.29, 0.717) is 18.6 Å². The number of methoxy groups -OCH3 is 1. The summed E-state index contributed by atoms with van der Waals surface area (Å²) in [6, 6.07) is 4.90. The molecule has 0 aromatic heterocycles. The standard InChI is InChI=1S/C12H16O4/c1-3-9(12(14)15)6-8-4-5-10(13)11(7-8)16-2/h4-5,7,9,13H,3,6H2,1-2H3,(H,14,15). The Kier molecular flexibility index (Phi) is 4.17. The van der Waals surface area contributed by atoms with E-state index in [2.05, 4.69) is 0 Å². The average molecular weight is 224 g/mol. The van der Waals surface area contributed by atoms with Crippen molar-refractivity contribution in [3.05, 3.63) is 23.8 Å². The third kappa shape index (κ3) is 2.89. The Morgan fingerprint density at radius 3 is 2.69 bits per heavy atom. The minimum absolute atomic E-state index is 0.0645. The van der Waals surface area contributed by atoms with Crippen LogP contribution in [0, 0.1) is 5.92 Å². The summed E-state index contributed by atoms with van der Waals surface area (Å²) in [7, 11) is 1.47. The van der Waals surface area contributed by atoms with Gasteiger partial charge in [-0.1, -0.05) is 13.0 Å². The Balaban J connectivity index is 2.84.